The van der Waals surface area contributed by atoms with E-state index in [0.717, 1.165) is 30.7 Å². The summed E-state index contributed by atoms with van der Waals surface area (Å²) in [5, 5.41) is 6.96. The first-order valence-corrected chi connectivity index (χ1v) is 6.96. The van der Waals surface area contributed by atoms with Gasteiger partial charge in [-0.2, -0.15) is 0 Å². The van der Waals surface area contributed by atoms with Crippen LogP contribution in [-0.2, 0) is 16.1 Å². The van der Waals surface area contributed by atoms with E-state index in [4.69, 9.17) is 9.26 Å². The van der Waals surface area contributed by atoms with Gasteiger partial charge in [-0.15, -0.1) is 0 Å². The van der Waals surface area contributed by atoms with Crippen molar-refractivity contribution in [3.63, 3.8) is 0 Å². The zero-order chi connectivity index (χ0) is 13.3. The Balaban J connectivity index is 1.54. The van der Waals surface area contributed by atoms with Gasteiger partial charge in [-0.25, -0.2) is 0 Å². The van der Waals surface area contributed by atoms with Crippen LogP contribution in [0.1, 0.15) is 49.5 Å². The summed E-state index contributed by atoms with van der Waals surface area (Å²) in [6.07, 6.45) is 5.32. The number of hydrogen-bond donors (Lipinski definition) is 1. The number of nitrogens with one attached hydrogen (secondary N) is 1. The smallest absolute Gasteiger partial charge is 0.228 e. The summed E-state index contributed by atoms with van der Waals surface area (Å²) in [6, 6.07) is 1.96. The maximum Gasteiger partial charge on any atom is 0.228 e. The lowest BCUT2D eigenvalue weighted by molar-refractivity contribution is -0.140. The Kier molecular flexibility index (Phi) is 3.31. The van der Waals surface area contributed by atoms with Crippen LogP contribution >= 0.6 is 0 Å². The first-order valence-electron chi connectivity index (χ1n) is 6.96. The van der Waals surface area contributed by atoms with Crippen LogP contribution < -0.4 is 5.32 Å². The van der Waals surface area contributed by atoms with E-state index < -0.39 is 0 Å². The Labute approximate surface area is 112 Å². The Bertz CT molecular complexity index is 461. The lowest BCUT2D eigenvalue weighted by atomic mass is 9.68. The zero-order valence-corrected chi connectivity index (χ0v) is 11.3. The summed E-state index contributed by atoms with van der Waals surface area (Å²) in [5.74, 6) is 1.60. The standard InChI is InChI=1S/C14H20N2O3/c1-18-9-14(5-2-6-14)13(17)15-8-11-7-12(19-16-11)10-3-4-10/h7,10H,2-6,8-9H2,1H3,(H,15,17). The molecule has 0 radical (unpaired) electrons. The Morgan fingerprint density at radius 1 is 1.58 bits per heavy atom. The molecular formula is C14H20N2O3. The highest BCUT2D eigenvalue weighted by atomic mass is 16.5. The number of methoxy groups -OCH3 is 1. The molecule has 0 spiro atoms. The second-order valence-electron chi connectivity index (χ2n) is 5.74. The van der Waals surface area contributed by atoms with E-state index in [1.165, 1.54) is 12.8 Å². The van der Waals surface area contributed by atoms with E-state index >= 15 is 0 Å². The van der Waals surface area contributed by atoms with Crippen LogP contribution in [0.15, 0.2) is 10.6 Å². The van der Waals surface area contributed by atoms with Crippen LogP contribution in [0.2, 0.25) is 0 Å². The van der Waals surface area contributed by atoms with Gasteiger partial charge in [0.1, 0.15) is 11.5 Å². The fraction of sp³-hybridized carbons (Fsp3) is 0.714. The molecule has 3 rings (SSSR count). The van der Waals surface area contributed by atoms with Crippen molar-refractivity contribution in [2.45, 2.75) is 44.6 Å². The molecule has 0 bridgehead atoms. The predicted molar refractivity (Wildman–Crippen MR) is 68.5 cm³/mol. The van der Waals surface area contributed by atoms with E-state index in [1.807, 2.05) is 6.07 Å². The summed E-state index contributed by atoms with van der Waals surface area (Å²) in [7, 11) is 1.65. The Morgan fingerprint density at radius 3 is 2.95 bits per heavy atom. The van der Waals surface area contributed by atoms with E-state index in [1.54, 1.807) is 7.11 Å². The van der Waals surface area contributed by atoms with E-state index in [0.29, 0.717) is 19.1 Å². The first kappa shape index (κ1) is 12.7. The Hall–Kier alpha value is -1.36. The molecule has 0 saturated heterocycles. The van der Waals surface area contributed by atoms with Gasteiger partial charge in [0.15, 0.2) is 0 Å². The van der Waals surface area contributed by atoms with Gasteiger partial charge in [-0.1, -0.05) is 11.6 Å². The van der Waals surface area contributed by atoms with Crippen LogP contribution in [0, 0.1) is 5.41 Å². The average Bonchev–Trinajstić information content (AvgIpc) is 3.10. The molecule has 2 fully saturated rings. The van der Waals surface area contributed by atoms with Crippen molar-refractivity contribution >= 4 is 5.91 Å². The summed E-state index contributed by atoms with van der Waals surface area (Å²) in [5.41, 5.74) is 0.500. The summed E-state index contributed by atoms with van der Waals surface area (Å²) < 4.78 is 10.4. The minimum atomic E-state index is -0.308. The van der Waals surface area contributed by atoms with Crippen molar-refractivity contribution in [1.82, 2.24) is 10.5 Å². The molecule has 0 atom stereocenters. The fourth-order valence-corrected chi connectivity index (χ4v) is 2.65. The molecule has 1 amide bonds. The third kappa shape index (κ3) is 2.52. The summed E-state index contributed by atoms with van der Waals surface area (Å²) in [6.45, 7) is 0.950. The summed E-state index contributed by atoms with van der Waals surface area (Å²) >= 11 is 0. The third-order valence-electron chi connectivity index (χ3n) is 4.20. The molecule has 5 nitrogen and oxygen atoms in total. The first-order chi connectivity index (χ1) is 9.23. The normalized spacial score (nSPS) is 20.9. The molecule has 2 saturated carbocycles. The summed E-state index contributed by atoms with van der Waals surface area (Å²) in [4.78, 5) is 12.2. The van der Waals surface area contributed by atoms with Gasteiger partial charge in [0.05, 0.1) is 18.6 Å². The molecular weight excluding hydrogens is 244 g/mol. The van der Waals surface area contributed by atoms with Crippen LogP contribution in [-0.4, -0.2) is 24.8 Å². The number of carbonyl (C=O) groups is 1. The lowest BCUT2D eigenvalue weighted by Crippen LogP contribution is -2.48. The average molecular weight is 264 g/mol. The van der Waals surface area contributed by atoms with Gasteiger partial charge < -0.3 is 14.6 Å². The second-order valence-corrected chi connectivity index (χ2v) is 5.74. The number of nitrogens with zero attached hydrogens (tertiary/aromatic N) is 1. The molecule has 1 aromatic heterocycles. The van der Waals surface area contributed by atoms with Crippen LogP contribution in [0.5, 0.6) is 0 Å². The number of hydrogen-bond acceptors (Lipinski definition) is 4. The highest BCUT2D eigenvalue weighted by Crippen LogP contribution is 2.42. The molecule has 0 aliphatic heterocycles. The largest absolute Gasteiger partial charge is 0.384 e. The lowest BCUT2D eigenvalue weighted by Gasteiger charge is -2.39. The highest BCUT2D eigenvalue weighted by Gasteiger charge is 2.44. The van der Waals surface area contributed by atoms with Crippen LogP contribution in [0.25, 0.3) is 0 Å². The van der Waals surface area contributed by atoms with Crippen molar-refractivity contribution in [2.24, 2.45) is 5.41 Å². The number of rotatable bonds is 6. The molecule has 1 N–H and O–H groups in total. The fourth-order valence-electron chi connectivity index (χ4n) is 2.65. The zero-order valence-electron chi connectivity index (χ0n) is 11.3. The van der Waals surface area contributed by atoms with E-state index in [9.17, 15) is 4.79 Å². The van der Waals surface area contributed by atoms with Crippen LogP contribution in [0.4, 0.5) is 0 Å². The van der Waals surface area contributed by atoms with Gasteiger partial charge in [0.2, 0.25) is 5.91 Å². The number of ether oxygens (including phenoxy) is 1. The van der Waals surface area contributed by atoms with Gasteiger partial charge >= 0.3 is 0 Å². The number of amides is 1. The minimum Gasteiger partial charge on any atom is -0.384 e. The molecule has 2 aliphatic rings. The molecule has 2 aliphatic carbocycles. The molecule has 5 heteroatoms. The second kappa shape index (κ2) is 4.96. The van der Waals surface area contributed by atoms with Crippen molar-refractivity contribution in [2.75, 3.05) is 13.7 Å². The van der Waals surface area contributed by atoms with Gasteiger partial charge in [0, 0.05) is 19.1 Å². The van der Waals surface area contributed by atoms with Gasteiger partial charge in [-0.05, 0) is 25.7 Å². The van der Waals surface area contributed by atoms with E-state index in [2.05, 4.69) is 10.5 Å². The van der Waals surface area contributed by atoms with E-state index in [-0.39, 0.29) is 11.3 Å². The quantitative estimate of drug-likeness (QED) is 0.853. The van der Waals surface area contributed by atoms with Crippen molar-refractivity contribution in [3.05, 3.63) is 17.5 Å². The molecule has 0 unspecified atom stereocenters. The number of aromatic nitrogens is 1. The molecule has 1 heterocycles. The molecule has 0 aromatic carbocycles. The third-order valence-corrected chi connectivity index (χ3v) is 4.20. The topological polar surface area (TPSA) is 64.4 Å². The molecule has 104 valence electrons. The highest BCUT2D eigenvalue weighted by molar-refractivity contribution is 5.83. The van der Waals surface area contributed by atoms with Gasteiger partial charge in [0.25, 0.3) is 0 Å². The monoisotopic (exact) mass is 264 g/mol. The minimum absolute atomic E-state index is 0.0802. The predicted octanol–water partition coefficient (Wildman–Crippen LogP) is 1.98. The SMILES string of the molecule is COCC1(C(=O)NCc2cc(C3CC3)on2)CCC1. The van der Waals surface area contributed by atoms with Crippen molar-refractivity contribution < 1.29 is 14.1 Å². The molecule has 1 aromatic rings. The van der Waals surface area contributed by atoms with Crippen molar-refractivity contribution in [3.8, 4) is 0 Å². The van der Waals surface area contributed by atoms with Crippen LogP contribution in [0.3, 0.4) is 0 Å². The maximum atomic E-state index is 12.2. The molecule has 19 heavy (non-hydrogen) atoms. The Morgan fingerprint density at radius 2 is 2.37 bits per heavy atom. The number of carbonyl (C=O) groups excluding carboxylic acids is 1. The van der Waals surface area contributed by atoms with Crippen molar-refractivity contribution in [1.29, 1.82) is 0 Å². The maximum absolute atomic E-state index is 12.2. The van der Waals surface area contributed by atoms with Gasteiger partial charge in [-0.3, -0.25) is 4.79 Å².